The van der Waals surface area contributed by atoms with Crippen LogP contribution in [0.3, 0.4) is 0 Å². The Morgan fingerprint density at radius 3 is 2.61 bits per heavy atom. The van der Waals surface area contributed by atoms with Crippen LogP contribution in [0, 0.1) is 12.8 Å². The lowest BCUT2D eigenvalue weighted by Gasteiger charge is -2.11. The molecule has 2 rings (SSSR count). The van der Waals surface area contributed by atoms with E-state index in [-0.39, 0.29) is 11.8 Å². The average molecular weight is 317 g/mol. The first-order valence-electron chi connectivity index (χ1n) is 7.97. The highest BCUT2D eigenvalue weighted by molar-refractivity contribution is 5.94. The molecule has 0 saturated carbocycles. The number of amides is 1. The van der Waals surface area contributed by atoms with Crippen LogP contribution in [-0.2, 0) is 4.79 Å². The molecule has 1 aromatic heterocycles. The number of aryl methyl sites for hydroxylation is 1. The predicted octanol–water partition coefficient (Wildman–Crippen LogP) is 3.82. The van der Waals surface area contributed by atoms with Crippen LogP contribution in [-0.4, -0.2) is 22.8 Å². The maximum absolute atomic E-state index is 12.2. The first kappa shape index (κ1) is 17.0. The standard InChI is InChI=1S/C17H23N3O3/c1-5-12(6-2)17(21)18-16-15(19-23-20-16)13-8-9-14(22-7-3)11(4)10-13/h8-10,12H,5-7H2,1-4H3,(H,18,20,21). The Morgan fingerprint density at radius 1 is 1.26 bits per heavy atom. The molecule has 0 aliphatic carbocycles. The van der Waals surface area contributed by atoms with Crippen LogP contribution < -0.4 is 10.1 Å². The van der Waals surface area contributed by atoms with Crippen molar-refractivity contribution in [2.45, 2.75) is 40.5 Å². The summed E-state index contributed by atoms with van der Waals surface area (Å²) >= 11 is 0. The molecule has 0 aliphatic rings. The van der Waals surface area contributed by atoms with Gasteiger partial charge in [-0.1, -0.05) is 13.8 Å². The summed E-state index contributed by atoms with van der Waals surface area (Å²) in [6.07, 6.45) is 1.57. The molecule has 1 N–H and O–H groups in total. The fraction of sp³-hybridized carbons (Fsp3) is 0.471. The van der Waals surface area contributed by atoms with E-state index in [2.05, 4.69) is 15.6 Å². The van der Waals surface area contributed by atoms with Gasteiger partial charge in [0.05, 0.1) is 6.61 Å². The number of ether oxygens (including phenoxy) is 1. The Balaban J connectivity index is 2.24. The molecule has 1 heterocycles. The third-order valence-corrected chi connectivity index (χ3v) is 3.83. The van der Waals surface area contributed by atoms with E-state index in [1.807, 2.05) is 45.9 Å². The zero-order chi connectivity index (χ0) is 16.8. The minimum atomic E-state index is -0.0605. The van der Waals surface area contributed by atoms with Crippen molar-refractivity contribution in [3.8, 4) is 17.0 Å². The zero-order valence-corrected chi connectivity index (χ0v) is 14.0. The number of benzene rings is 1. The molecule has 0 aliphatic heterocycles. The van der Waals surface area contributed by atoms with Crippen molar-refractivity contribution in [2.24, 2.45) is 5.92 Å². The highest BCUT2D eigenvalue weighted by atomic mass is 16.6. The van der Waals surface area contributed by atoms with Gasteiger partial charge in [0, 0.05) is 11.5 Å². The molecule has 6 heteroatoms. The van der Waals surface area contributed by atoms with E-state index in [9.17, 15) is 4.79 Å². The highest BCUT2D eigenvalue weighted by Gasteiger charge is 2.20. The van der Waals surface area contributed by atoms with Crippen LogP contribution in [0.25, 0.3) is 11.3 Å². The number of nitrogens with one attached hydrogen (secondary N) is 1. The van der Waals surface area contributed by atoms with E-state index < -0.39 is 0 Å². The maximum Gasteiger partial charge on any atom is 0.228 e. The normalized spacial score (nSPS) is 10.8. The lowest BCUT2D eigenvalue weighted by molar-refractivity contribution is -0.120. The van der Waals surface area contributed by atoms with Crippen molar-refractivity contribution in [1.82, 2.24) is 10.3 Å². The lowest BCUT2D eigenvalue weighted by atomic mass is 10.0. The molecular weight excluding hydrogens is 294 g/mol. The number of rotatable bonds is 7. The first-order chi connectivity index (χ1) is 11.1. The fourth-order valence-corrected chi connectivity index (χ4v) is 2.45. The van der Waals surface area contributed by atoms with Gasteiger partial charge >= 0.3 is 0 Å². The summed E-state index contributed by atoms with van der Waals surface area (Å²) in [4.78, 5) is 12.2. The molecule has 0 atom stereocenters. The monoisotopic (exact) mass is 317 g/mol. The number of aromatic nitrogens is 2. The number of carbonyl (C=O) groups is 1. The Hall–Kier alpha value is -2.37. The van der Waals surface area contributed by atoms with E-state index >= 15 is 0 Å². The third-order valence-electron chi connectivity index (χ3n) is 3.83. The third kappa shape index (κ3) is 3.88. The summed E-state index contributed by atoms with van der Waals surface area (Å²) in [7, 11) is 0. The van der Waals surface area contributed by atoms with Gasteiger partial charge in [0.25, 0.3) is 0 Å². The summed E-state index contributed by atoms with van der Waals surface area (Å²) in [6, 6.07) is 5.71. The topological polar surface area (TPSA) is 77.2 Å². The van der Waals surface area contributed by atoms with Gasteiger partial charge in [-0.15, -0.1) is 0 Å². The minimum absolute atomic E-state index is 0.0402. The van der Waals surface area contributed by atoms with E-state index in [0.29, 0.717) is 18.1 Å². The summed E-state index contributed by atoms with van der Waals surface area (Å²) in [5.41, 5.74) is 2.34. The van der Waals surface area contributed by atoms with Crippen LogP contribution in [0.5, 0.6) is 5.75 Å². The number of nitrogens with zero attached hydrogens (tertiary/aromatic N) is 2. The summed E-state index contributed by atoms with van der Waals surface area (Å²) in [6.45, 7) is 8.50. The minimum Gasteiger partial charge on any atom is -0.494 e. The van der Waals surface area contributed by atoms with E-state index in [1.165, 1.54) is 0 Å². The quantitative estimate of drug-likeness (QED) is 0.840. The second kappa shape index (κ2) is 7.76. The molecule has 124 valence electrons. The first-order valence-corrected chi connectivity index (χ1v) is 7.97. The maximum atomic E-state index is 12.2. The van der Waals surface area contributed by atoms with Crippen LogP contribution in [0.4, 0.5) is 5.82 Å². The summed E-state index contributed by atoms with van der Waals surface area (Å²) in [5.74, 6) is 1.08. The predicted molar refractivity (Wildman–Crippen MR) is 88.3 cm³/mol. The number of hydrogen-bond acceptors (Lipinski definition) is 5. The van der Waals surface area contributed by atoms with Gasteiger partial charge in [0.15, 0.2) is 5.69 Å². The van der Waals surface area contributed by atoms with Gasteiger partial charge in [-0.3, -0.25) is 4.79 Å². The molecule has 23 heavy (non-hydrogen) atoms. The van der Waals surface area contributed by atoms with Gasteiger partial charge < -0.3 is 10.1 Å². The average Bonchev–Trinajstić information content (AvgIpc) is 2.99. The van der Waals surface area contributed by atoms with Crippen LogP contribution in [0.15, 0.2) is 22.8 Å². The van der Waals surface area contributed by atoms with Crippen LogP contribution >= 0.6 is 0 Å². The number of anilines is 1. The number of hydrogen-bond donors (Lipinski definition) is 1. The molecule has 0 bridgehead atoms. The van der Waals surface area contributed by atoms with Crippen molar-refractivity contribution in [3.63, 3.8) is 0 Å². The van der Waals surface area contributed by atoms with Crippen LogP contribution in [0.2, 0.25) is 0 Å². The van der Waals surface area contributed by atoms with Crippen molar-refractivity contribution in [1.29, 1.82) is 0 Å². The van der Waals surface area contributed by atoms with E-state index in [4.69, 9.17) is 9.37 Å². The molecule has 0 fully saturated rings. The second-order valence-electron chi connectivity index (χ2n) is 5.38. The van der Waals surface area contributed by atoms with Crippen molar-refractivity contribution < 1.29 is 14.2 Å². The molecule has 0 unspecified atom stereocenters. The Bertz CT molecular complexity index is 663. The SMILES string of the molecule is CCOc1ccc(-c2nonc2NC(=O)C(CC)CC)cc1C. The summed E-state index contributed by atoms with van der Waals surface area (Å²) < 4.78 is 10.4. The van der Waals surface area contributed by atoms with Gasteiger partial charge in [0.2, 0.25) is 11.7 Å². The van der Waals surface area contributed by atoms with E-state index in [0.717, 1.165) is 29.7 Å². The van der Waals surface area contributed by atoms with Crippen LogP contribution in [0.1, 0.15) is 39.2 Å². The number of carbonyl (C=O) groups excluding carboxylic acids is 1. The molecule has 0 spiro atoms. The van der Waals surface area contributed by atoms with Crippen molar-refractivity contribution in [2.75, 3.05) is 11.9 Å². The Morgan fingerprint density at radius 2 is 2.00 bits per heavy atom. The van der Waals surface area contributed by atoms with Gasteiger partial charge in [0.1, 0.15) is 5.75 Å². The summed E-state index contributed by atoms with van der Waals surface area (Å²) in [5, 5.41) is 10.6. The fourth-order valence-electron chi connectivity index (χ4n) is 2.45. The van der Waals surface area contributed by atoms with Gasteiger partial charge in [-0.25, -0.2) is 4.63 Å². The van der Waals surface area contributed by atoms with Crippen molar-refractivity contribution >= 4 is 11.7 Å². The molecule has 1 aromatic carbocycles. The molecule has 0 saturated heterocycles. The van der Waals surface area contributed by atoms with Gasteiger partial charge in [-0.05, 0) is 60.8 Å². The van der Waals surface area contributed by atoms with Crippen molar-refractivity contribution in [3.05, 3.63) is 23.8 Å². The zero-order valence-electron chi connectivity index (χ0n) is 14.0. The molecule has 6 nitrogen and oxygen atoms in total. The largest absolute Gasteiger partial charge is 0.494 e. The molecule has 1 amide bonds. The molecule has 0 radical (unpaired) electrons. The van der Waals surface area contributed by atoms with E-state index in [1.54, 1.807) is 0 Å². The highest BCUT2D eigenvalue weighted by Crippen LogP contribution is 2.29. The molecule has 2 aromatic rings. The Labute approximate surface area is 136 Å². The molecular formula is C17H23N3O3. The Kier molecular flexibility index (Phi) is 5.73. The lowest BCUT2D eigenvalue weighted by Crippen LogP contribution is -2.22. The second-order valence-corrected chi connectivity index (χ2v) is 5.38. The van der Waals surface area contributed by atoms with Gasteiger partial charge in [-0.2, -0.15) is 0 Å². The smallest absolute Gasteiger partial charge is 0.228 e.